The van der Waals surface area contributed by atoms with Gasteiger partial charge in [-0.2, -0.15) is 0 Å². The van der Waals surface area contributed by atoms with Gasteiger partial charge in [-0.15, -0.1) is 0 Å². The summed E-state index contributed by atoms with van der Waals surface area (Å²) in [4.78, 5) is 44.6. The zero-order valence-electron chi connectivity index (χ0n) is 25.2. The molecular formula is C37H34N4O4. The van der Waals surface area contributed by atoms with Crippen LogP contribution in [0.3, 0.4) is 0 Å². The molecule has 4 atom stereocenters. The smallest absolute Gasteiger partial charge is 0.269 e. The van der Waals surface area contributed by atoms with E-state index in [1.165, 1.54) is 0 Å². The molecule has 1 fully saturated rings. The normalized spacial score (nSPS) is 23.6. The van der Waals surface area contributed by atoms with Crippen molar-refractivity contribution in [1.82, 2.24) is 9.80 Å². The Bertz CT molecular complexity index is 1610. The highest BCUT2D eigenvalue weighted by molar-refractivity contribution is 6.05. The molecule has 0 bridgehead atoms. The first kappa shape index (κ1) is 28.5. The third kappa shape index (κ3) is 5.16. The van der Waals surface area contributed by atoms with Crippen molar-refractivity contribution in [2.45, 2.75) is 56.6 Å². The Kier molecular flexibility index (Phi) is 7.41. The summed E-state index contributed by atoms with van der Waals surface area (Å²) in [7, 11) is 0. The van der Waals surface area contributed by atoms with Crippen molar-refractivity contribution in [3.63, 3.8) is 0 Å². The molecule has 0 spiro atoms. The summed E-state index contributed by atoms with van der Waals surface area (Å²) in [6.45, 7) is 3.84. The molecule has 8 nitrogen and oxygen atoms in total. The molecule has 0 N–H and O–H groups in total. The van der Waals surface area contributed by atoms with Gasteiger partial charge in [0.15, 0.2) is 0 Å². The van der Waals surface area contributed by atoms with Crippen LogP contribution in [0.2, 0.25) is 0 Å². The molecule has 3 aliphatic rings. The third-order valence-electron chi connectivity index (χ3n) is 8.89. The summed E-state index contributed by atoms with van der Waals surface area (Å²) < 4.78 is 0. The minimum absolute atomic E-state index is 0.228. The highest BCUT2D eigenvalue weighted by Crippen LogP contribution is 2.52. The number of benzene rings is 4. The van der Waals surface area contributed by atoms with E-state index in [1.807, 2.05) is 145 Å². The first-order valence-electron chi connectivity index (χ1n) is 15.3. The Balaban J connectivity index is 1.27. The molecule has 0 saturated carbocycles. The second kappa shape index (κ2) is 11.7. The van der Waals surface area contributed by atoms with Gasteiger partial charge in [0.25, 0.3) is 11.8 Å². The second-order valence-electron chi connectivity index (χ2n) is 12.0. The van der Waals surface area contributed by atoms with Gasteiger partial charge in [-0.1, -0.05) is 132 Å². The maximum absolute atomic E-state index is 14.7. The highest BCUT2D eigenvalue weighted by atomic mass is 16.7. The van der Waals surface area contributed by atoms with Gasteiger partial charge in [0.1, 0.15) is 5.66 Å². The molecule has 0 aromatic heterocycles. The SMILES string of the molecule is CC1(C)N(C(=O)[C@@H]2CC(c3ccccc3)=NO2)[C@@H](c2ccccc2)[C@H](c2ccccc2)N1C(=O)[C@H]1CC(c2ccccc2)=NO1. The fraction of sp³-hybridized carbons (Fsp3) is 0.243. The average Bonchev–Trinajstić information content (AvgIpc) is 3.83. The van der Waals surface area contributed by atoms with Crippen molar-refractivity contribution in [2.75, 3.05) is 0 Å². The Hall–Kier alpha value is -5.24. The van der Waals surface area contributed by atoms with Gasteiger partial charge in [0.05, 0.1) is 23.5 Å². The maximum atomic E-state index is 14.7. The molecule has 3 heterocycles. The number of amides is 2. The fourth-order valence-electron chi connectivity index (χ4n) is 6.79. The summed E-state index contributed by atoms with van der Waals surface area (Å²) >= 11 is 0. The lowest BCUT2D eigenvalue weighted by molar-refractivity contribution is -0.158. The second-order valence-corrected chi connectivity index (χ2v) is 12.0. The number of hydrogen-bond donors (Lipinski definition) is 0. The lowest BCUT2D eigenvalue weighted by Gasteiger charge is -2.40. The van der Waals surface area contributed by atoms with Crippen molar-refractivity contribution in [3.05, 3.63) is 144 Å². The van der Waals surface area contributed by atoms with E-state index < -0.39 is 30.0 Å². The Morgan fingerprint density at radius 3 is 1.27 bits per heavy atom. The van der Waals surface area contributed by atoms with Crippen LogP contribution in [0.4, 0.5) is 0 Å². The molecule has 2 amide bonds. The standard InChI is InChI=1S/C37H34N4O4/c1-37(2)40(35(42)31-23-29(38-44-31)25-15-7-3-8-16-25)33(27-19-11-5-12-20-27)34(28-21-13-6-14-22-28)41(37)36(43)32-24-30(39-45-32)26-17-9-4-10-18-26/h3-22,31-34H,23-24H2,1-2H3/t31-,32+,33-,34-/m0/s1. The predicted molar refractivity (Wildman–Crippen MR) is 171 cm³/mol. The van der Waals surface area contributed by atoms with Gasteiger partial charge in [-0.25, -0.2) is 0 Å². The molecule has 4 aromatic carbocycles. The molecule has 4 aromatic rings. The zero-order valence-corrected chi connectivity index (χ0v) is 25.2. The van der Waals surface area contributed by atoms with Gasteiger partial charge in [-0.05, 0) is 36.1 Å². The van der Waals surface area contributed by atoms with E-state index in [9.17, 15) is 9.59 Å². The van der Waals surface area contributed by atoms with Crippen molar-refractivity contribution in [2.24, 2.45) is 10.3 Å². The Morgan fingerprint density at radius 1 is 0.578 bits per heavy atom. The fourth-order valence-corrected chi connectivity index (χ4v) is 6.79. The molecule has 3 aliphatic heterocycles. The molecule has 226 valence electrons. The lowest BCUT2D eigenvalue weighted by atomic mass is 9.92. The summed E-state index contributed by atoms with van der Waals surface area (Å²) in [6.07, 6.45) is -0.984. The Morgan fingerprint density at radius 2 is 0.911 bits per heavy atom. The zero-order chi connectivity index (χ0) is 31.0. The van der Waals surface area contributed by atoms with Crippen molar-refractivity contribution in [3.8, 4) is 0 Å². The maximum Gasteiger partial charge on any atom is 0.269 e. The lowest BCUT2D eigenvalue weighted by Crippen LogP contribution is -2.57. The van der Waals surface area contributed by atoms with E-state index >= 15 is 0 Å². The summed E-state index contributed by atoms with van der Waals surface area (Å²) in [5.74, 6) is -0.457. The number of rotatable bonds is 6. The Labute approximate surface area is 262 Å². The van der Waals surface area contributed by atoms with Gasteiger partial charge < -0.3 is 19.5 Å². The van der Waals surface area contributed by atoms with Crippen LogP contribution in [-0.4, -0.2) is 50.9 Å². The molecule has 45 heavy (non-hydrogen) atoms. The largest absolute Gasteiger partial charge is 0.382 e. The molecule has 7 rings (SSSR count). The molecular weight excluding hydrogens is 564 g/mol. The molecule has 0 unspecified atom stereocenters. The van der Waals surface area contributed by atoms with Gasteiger partial charge in [0, 0.05) is 12.8 Å². The highest BCUT2D eigenvalue weighted by Gasteiger charge is 2.59. The minimum atomic E-state index is -1.06. The van der Waals surface area contributed by atoms with E-state index in [2.05, 4.69) is 10.3 Å². The molecule has 8 heteroatoms. The first-order chi connectivity index (χ1) is 21.9. The molecule has 0 aliphatic carbocycles. The van der Waals surface area contributed by atoms with Crippen LogP contribution in [0.15, 0.2) is 132 Å². The van der Waals surface area contributed by atoms with E-state index in [0.29, 0.717) is 12.8 Å². The number of carbonyl (C=O) groups excluding carboxylic acids is 2. The summed E-state index contributed by atoms with van der Waals surface area (Å²) in [5.41, 5.74) is 4.05. The molecule has 1 saturated heterocycles. The topological polar surface area (TPSA) is 83.8 Å². The van der Waals surface area contributed by atoms with E-state index in [0.717, 1.165) is 33.7 Å². The van der Waals surface area contributed by atoms with E-state index in [4.69, 9.17) is 9.68 Å². The van der Waals surface area contributed by atoms with Crippen LogP contribution in [0, 0.1) is 0 Å². The van der Waals surface area contributed by atoms with Crippen molar-refractivity contribution >= 4 is 23.2 Å². The quantitative estimate of drug-likeness (QED) is 0.262. The number of nitrogens with zero attached hydrogens (tertiary/aromatic N) is 4. The average molecular weight is 599 g/mol. The molecule has 0 radical (unpaired) electrons. The van der Waals surface area contributed by atoms with Gasteiger partial charge in [0.2, 0.25) is 12.2 Å². The van der Waals surface area contributed by atoms with Crippen LogP contribution in [0.5, 0.6) is 0 Å². The predicted octanol–water partition coefficient (Wildman–Crippen LogP) is 6.26. The number of carbonyl (C=O) groups is 2. The van der Waals surface area contributed by atoms with Crippen molar-refractivity contribution in [1.29, 1.82) is 0 Å². The monoisotopic (exact) mass is 598 g/mol. The van der Waals surface area contributed by atoms with Gasteiger partial charge >= 0.3 is 0 Å². The number of oxime groups is 2. The van der Waals surface area contributed by atoms with E-state index in [-0.39, 0.29) is 11.8 Å². The van der Waals surface area contributed by atoms with Crippen LogP contribution < -0.4 is 0 Å². The van der Waals surface area contributed by atoms with Crippen LogP contribution in [0.1, 0.15) is 61.0 Å². The third-order valence-corrected chi connectivity index (χ3v) is 8.89. The minimum Gasteiger partial charge on any atom is -0.382 e. The van der Waals surface area contributed by atoms with Crippen molar-refractivity contribution < 1.29 is 19.3 Å². The summed E-state index contributed by atoms with van der Waals surface area (Å²) in [6, 6.07) is 38.2. The summed E-state index contributed by atoms with van der Waals surface area (Å²) in [5, 5.41) is 8.62. The van der Waals surface area contributed by atoms with Gasteiger partial charge in [-0.3, -0.25) is 9.59 Å². The van der Waals surface area contributed by atoms with E-state index in [1.54, 1.807) is 0 Å². The van der Waals surface area contributed by atoms with Crippen LogP contribution in [-0.2, 0) is 19.3 Å². The first-order valence-corrected chi connectivity index (χ1v) is 15.3. The van der Waals surface area contributed by atoms with Crippen LogP contribution >= 0.6 is 0 Å². The number of hydrogen-bond acceptors (Lipinski definition) is 6. The van der Waals surface area contributed by atoms with Crippen LogP contribution in [0.25, 0.3) is 0 Å².